The van der Waals surface area contributed by atoms with Gasteiger partial charge in [0.15, 0.2) is 5.96 Å². The van der Waals surface area contributed by atoms with Gasteiger partial charge in [-0.25, -0.2) is 4.79 Å². The van der Waals surface area contributed by atoms with E-state index in [1.54, 1.807) is 0 Å². The normalized spacial score (nSPS) is 10.9. The summed E-state index contributed by atoms with van der Waals surface area (Å²) in [6, 6.07) is -0.389. The molecule has 0 radical (unpaired) electrons. The van der Waals surface area contributed by atoms with Gasteiger partial charge in [-0.15, -0.1) is 0 Å². The van der Waals surface area contributed by atoms with E-state index in [4.69, 9.17) is 11.1 Å². The van der Waals surface area contributed by atoms with Gasteiger partial charge in [0.2, 0.25) is 0 Å². The average Bonchev–Trinajstić information content (AvgIpc) is 2.57. The second-order valence-electron chi connectivity index (χ2n) is 6.73. The molecule has 0 aromatic rings. The third-order valence-corrected chi connectivity index (χ3v) is 4.22. The molecule has 0 aromatic carbocycles. The number of hydrogen-bond donors (Lipinski definition) is 4. The Kier molecular flexibility index (Phi) is 17.7. The molecule has 5 N–H and O–H groups in total. The first-order valence-electron chi connectivity index (χ1n) is 10.2. The lowest BCUT2D eigenvalue weighted by Gasteiger charge is -2.05. The quantitative estimate of drug-likeness (QED) is 0.133. The molecule has 0 unspecified atom stereocenters. The van der Waals surface area contributed by atoms with Crippen molar-refractivity contribution >= 4 is 12.0 Å². The Hall–Kier alpha value is -1.52. The number of amides is 2. The second kappa shape index (κ2) is 18.8. The van der Waals surface area contributed by atoms with E-state index in [1.807, 2.05) is 0 Å². The zero-order valence-corrected chi connectivity index (χ0v) is 16.2. The predicted molar refractivity (Wildman–Crippen MR) is 108 cm³/mol. The summed E-state index contributed by atoms with van der Waals surface area (Å²) in [5.41, 5.74) is 5.07. The number of urea groups is 1. The number of unbranched alkanes of at least 4 members (excludes halogenated alkanes) is 12. The Labute approximate surface area is 154 Å². The molecule has 2 amide bonds. The van der Waals surface area contributed by atoms with E-state index in [0.717, 1.165) is 12.8 Å². The topological polar surface area (TPSA) is 91.0 Å². The molecule has 0 heterocycles. The van der Waals surface area contributed by atoms with Crippen LogP contribution in [0, 0.1) is 5.41 Å². The number of guanidine groups is 1. The highest BCUT2D eigenvalue weighted by molar-refractivity contribution is 5.93. The fourth-order valence-electron chi connectivity index (χ4n) is 2.74. The average molecular weight is 353 g/mol. The number of nitrogens with one attached hydrogen (secondary N) is 3. The summed E-state index contributed by atoms with van der Waals surface area (Å²) >= 11 is 0. The lowest BCUT2D eigenvalue weighted by Crippen LogP contribution is -2.42. The van der Waals surface area contributed by atoms with E-state index in [9.17, 15) is 4.79 Å². The molecule has 0 atom stereocenters. The number of carbonyl (C=O) groups excluding carboxylic acids is 1. The van der Waals surface area contributed by atoms with Crippen molar-refractivity contribution in [2.24, 2.45) is 5.73 Å². The highest BCUT2D eigenvalue weighted by Gasteiger charge is 1.99. The summed E-state index contributed by atoms with van der Waals surface area (Å²) in [6.07, 6.45) is 22.6. The van der Waals surface area contributed by atoms with Crippen LogP contribution in [0.25, 0.3) is 0 Å². The zero-order valence-electron chi connectivity index (χ0n) is 16.2. The van der Waals surface area contributed by atoms with Crippen molar-refractivity contribution in [1.29, 1.82) is 5.41 Å². The van der Waals surface area contributed by atoms with Gasteiger partial charge >= 0.3 is 6.03 Å². The van der Waals surface area contributed by atoms with Gasteiger partial charge in [-0.1, -0.05) is 76.9 Å². The Balaban J connectivity index is 3.17. The first-order valence-corrected chi connectivity index (χ1v) is 10.2. The van der Waals surface area contributed by atoms with E-state index in [0.29, 0.717) is 6.54 Å². The van der Waals surface area contributed by atoms with Crippen molar-refractivity contribution in [3.63, 3.8) is 0 Å². The molecule has 5 heteroatoms. The lowest BCUT2D eigenvalue weighted by atomic mass is 10.1. The van der Waals surface area contributed by atoms with E-state index >= 15 is 0 Å². The first kappa shape index (κ1) is 23.5. The minimum atomic E-state index is -0.389. The molecule has 0 rings (SSSR count). The zero-order chi connectivity index (χ0) is 18.6. The highest BCUT2D eigenvalue weighted by Crippen LogP contribution is 2.09. The Morgan fingerprint density at radius 2 is 1.32 bits per heavy atom. The van der Waals surface area contributed by atoms with Crippen LogP contribution in [0.5, 0.6) is 0 Å². The number of carbonyl (C=O) groups is 1. The molecule has 0 aliphatic rings. The molecule has 0 fully saturated rings. The van der Waals surface area contributed by atoms with Gasteiger partial charge in [0.05, 0.1) is 0 Å². The molecule has 0 saturated carbocycles. The van der Waals surface area contributed by atoms with Gasteiger partial charge in [0, 0.05) is 6.54 Å². The predicted octanol–water partition coefficient (Wildman–Crippen LogP) is 5.22. The summed E-state index contributed by atoms with van der Waals surface area (Å²) in [7, 11) is 0. The van der Waals surface area contributed by atoms with Crippen molar-refractivity contribution in [2.45, 2.75) is 96.8 Å². The Morgan fingerprint density at radius 1 is 0.840 bits per heavy atom. The van der Waals surface area contributed by atoms with Gasteiger partial charge in [-0.3, -0.25) is 10.7 Å². The maximum atomic E-state index is 11.2. The van der Waals surface area contributed by atoms with Crippen LogP contribution in [0.1, 0.15) is 96.8 Å². The summed E-state index contributed by atoms with van der Waals surface area (Å²) in [6.45, 7) is 2.90. The smallest absolute Gasteiger partial charge is 0.321 e. The number of nitrogens with two attached hydrogens (primary N) is 1. The molecule has 0 aromatic heterocycles. The van der Waals surface area contributed by atoms with Crippen molar-refractivity contribution in [3.05, 3.63) is 12.2 Å². The van der Waals surface area contributed by atoms with Crippen molar-refractivity contribution in [3.8, 4) is 0 Å². The van der Waals surface area contributed by atoms with Crippen LogP contribution < -0.4 is 16.4 Å². The second-order valence-corrected chi connectivity index (χ2v) is 6.73. The summed E-state index contributed by atoms with van der Waals surface area (Å²) in [5, 5.41) is 11.8. The largest absolute Gasteiger partial charge is 0.370 e. The highest BCUT2D eigenvalue weighted by atomic mass is 16.2. The molecule has 25 heavy (non-hydrogen) atoms. The third kappa shape index (κ3) is 20.4. The summed E-state index contributed by atoms with van der Waals surface area (Å²) in [5.74, 6) is -0.321. The SMILES string of the molecule is CCCCCCCC/C=C/CCCCCCCCNC(=O)NC(=N)N. The summed E-state index contributed by atoms with van der Waals surface area (Å²) in [4.78, 5) is 11.2. The van der Waals surface area contributed by atoms with Crippen LogP contribution in [0.4, 0.5) is 4.79 Å². The van der Waals surface area contributed by atoms with E-state index < -0.39 is 0 Å². The number of hydrogen-bond acceptors (Lipinski definition) is 2. The van der Waals surface area contributed by atoms with Crippen LogP contribution >= 0.6 is 0 Å². The number of allylic oxidation sites excluding steroid dienone is 2. The summed E-state index contributed by atoms with van der Waals surface area (Å²) < 4.78 is 0. The molecule has 0 saturated heterocycles. The fraction of sp³-hybridized carbons (Fsp3) is 0.800. The van der Waals surface area contributed by atoms with Gasteiger partial charge in [-0.05, 0) is 32.1 Å². The monoisotopic (exact) mass is 352 g/mol. The van der Waals surface area contributed by atoms with Crippen LogP contribution in [0.15, 0.2) is 12.2 Å². The van der Waals surface area contributed by atoms with Crippen LogP contribution in [0.3, 0.4) is 0 Å². The van der Waals surface area contributed by atoms with Gasteiger partial charge in [0.1, 0.15) is 0 Å². The fourth-order valence-corrected chi connectivity index (χ4v) is 2.74. The molecule has 0 aliphatic carbocycles. The standard InChI is InChI=1S/C20H40N4O/c1-2-3-4-5-6-7-8-9-10-11-12-13-14-15-16-17-18-23-20(25)24-19(21)22/h9-10H,2-8,11-18H2,1H3,(H5,21,22,23,24,25)/b10-9+. The molecule has 5 nitrogen and oxygen atoms in total. The molecule has 0 aliphatic heterocycles. The van der Waals surface area contributed by atoms with Gasteiger partial charge in [0.25, 0.3) is 0 Å². The maximum absolute atomic E-state index is 11.2. The van der Waals surface area contributed by atoms with E-state index in [1.165, 1.54) is 77.0 Å². The molecule has 0 spiro atoms. The maximum Gasteiger partial charge on any atom is 0.321 e. The van der Waals surface area contributed by atoms with E-state index in [2.05, 4.69) is 29.7 Å². The van der Waals surface area contributed by atoms with Crippen molar-refractivity contribution in [1.82, 2.24) is 10.6 Å². The van der Waals surface area contributed by atoms with Crippen LogP contribution in [0.2, 0.25) is 0 Å². The van der Waals surface area contributed by atoms with Crippen molar-refractivity contribution in [2.75, 3.05) is 6.54 Å². The van der Waals surface area contributed by atoms with Gasteiger partial charge in [-0.2, -0.15) is 0 Å². The third-order valence-electron chi connectivity index (χ3n) is 4.22. The van der Waals surface area contributed by atoms with E-state index in [-0.39, 0.29) is 12.0 Å². The van der Waals surface area contributed by atoms with Gasteiger partial charge < -0.3 is 11.1 Å². The molecule has 0 bridgehead atoms. The first-order chi connectivity index (χ1) is 12.2. The minimum Gasteiger partial charge on any atom is -0.370 e. The Morgan fingerprint density at radius 3 is 1.84 bits per heavy atom. The molecule has 146 valence electrons. The minimum absolute atomic E-state index is 0.321. The lowest BCUT2D eigenvalue weighted by molar-refractivity contribution is 0.245. The van der Waals surface area contributed by atoms with Crippen LogP contribution in [-0.4, -0.2) is 18.5 Å². The van der Waals surface area contributed by atoms with Crippen molar-refractivity contribution < 1.29 is 4.79 Å². The number of rotatable bonds is 16. The molecular weight excluding hydrogens is 312 g/mol. The van der Waals surface area contributed by atoms with Crippen LogP contribution in [-0.2, 0) is 0 Å². The molecular formula is C20H40N4O. The Bertz CT molecular complexity index is 356.